The summed E-state index contributed by atoms with van der Waals surface area (Å²) in [5.41, 5.74) is 4.43. The van der Waals surface area contributed by atoms with Gasteiger partial charge in [0, 0.05) is 18.2 Å². The van der Waals surface area contributed by atoms with Crippen LogP contribution in [0.2, 0.25) is 18.1 Å². The number of anilines is 1. The van der Waals surface area contributed by atoms with Gasteiger partial charge in [-0.3, -0.25) is 13.7 Å². The molecule has 0 saturated carbocycles. The van der Waals surface area contributed by atoms with Crippen LogP contribution >= 0.6 is 7.60 Å². The molecule has 0 aliphatic carbocycles. The van der Waals surface area contributed by atoms with Crippen molar-refractivity contribution in [2.45, 2.75) is 134 Å². The van der Waals surface area contributed by atoms with Crippen molar-refractivity contribution in [3.8, 4) is 0 Å². The summed E-state index contributed by atoms with van der Waals surface area (Å²) in [6.45, 7) is 16.9. The Morgan fingerprint density at radius 2 is 1.69 bits per heavy atom. The first-order valence-electron chi connectivity index (χ1n) is 13.5. The fourth-order valence-electron chi connectivity index (χ4n) is 4.05. The number of nitrogens with two attached hydrogens (primary N) is 1. The van der Waals surface area contributed by atoms with Gasteiger partial charge in [0.15, 0.2) is 19.9 Å². The molecule has 14 heteroatoms. The van der Waals surface area contributed by atoms with Crippen LogP contribution in [0.3, 0.4) is 0 Å². The van der Waals surface area contributed by atoms with Gasteiger partial charge < -0.3 is 35.1 Å². The van der Waals surface area contributed by atoms with Gasteiger partial charge in [0.25, 0.3) is 0 Å². The van der Waals surface area contributed by atoms with E-state index < -0.39 is 57.1 Å². The molecule has 0 aromatic carbocycles. The van der Waals surface area contributed by atoms with Crippen LogP contribution in [0.25, 0.3) is 0 Å². The Kier molecular flexibility index (Phi) is 10.5. The second-order valence-corrected chi connectivity index (χ2v) is 19.2. The zero-order valence-corrected chi connectivity index (χ0v) is 26.6. The second-order valence-electron chi connectivity index (χ2n) is 12.2. The molecular formula is C25H48N3O9PSi. The van der Waals surface area contributed by atoms with E-state index in [2.05, 4.69) is 38.8 Å². The topological polar surface area (TPSA) is 187 Å². The molecule has 6 atom stereocenters. The molecule has 1 fully saturated rings. The van der Waals surface area contributed by atoms with E-state index in [0.29, 0.717) is 5.56 Å². The smallest absolute Gasteiger partial charge is 0.359 e. The van der Waals surface area contributed by atoms with E-state index in [0.717, 1.165) is 4.57 Å². The molecule has 0 radical (unpaired) electrons. The molecule has 0 bridgehead atoms. The highest BCUT2D eigenvalue weighted by Crippen LogP contribution is 2.59. The Balaban J connectivity index is 2.35. The first kappa shape index (κ1) is 34.1. The number of aromatic nitrogens is 2. The molecule has 0 spiro atoms. The van der Waals surface area contributed by atoms with Gasteiger partial charge in [-0.1, -0.05) is 41.5 Å². The number of nitrogen functional groups attached to an aromatic ring is 1. The minimum absolute atomic E-state index is 0.00519. The lowest BCUT2D eigenvalue weighted by molar-refractivity contribution is -0.0775. The van der Waals surface area contributed by atoms with Crippen LogP contribution in [-0.4, -0.2) is 67.3 Å². The van der Waals surface area contributed by atoms with Crippen LogP contribution < -0.4 is 11.4 Å². The number of rotatable bonds is 12. The van der Waals surface area contributed by atoms with Gasteiger partial charge in [-0.2, -0.15) is 4.98 Å². The SMILES string of the molecule is CCC(CC)(CC1O[C@@H](n2cc(CO[Si](C)(C)C(C)(C)C)c(N)nc2=O)[C@H](O)[C@@H]1O)OP(=O)(O)C(C)(O)CC. The number of hydrogen-bond donors (Lipinski definition) is 5. The summed E-state index contributed by atoms with van der Waals surface area (Å²) in [5.74, 6) is 0.00519. The van der Waals surface area contributed by atoms with Crippen LogP contribution in [0, 0.1) is 0 Å². The lowest BCUT2D eigenvalue weighted by Gasteiger charge is -2.39. The molecule has 39 heavy (non-hydrogen) atoms. The highest BCUT2D eigenvalue weighted by Gasteiger charge is 2.51. The van der Waals surface area contributed by atoms with Crippen molar-refractivity contribution in [1.82, 2.24) is 9.55 Å². The average Bonchev–Trinajstić information content (AvgIpc) is 3.10. The molecule has 1 aliphatic rings. The van der Waals surface area contributed by atoms with Gasteiger partial charge in [0.2, 0.25) is 0 Å². The van der Waals surface area contributed by atoms with Crippen molar-refractivity contribution >= 4 is 21.7 Å². The summed E-state index contributed by atoms with van der Waals surface area (Å²) in [7, 11) is -6.65. The molecule has 226 valence electrons. The van der Waals surface area contributed by atoms with Crippen LogP contribution in [-0.2, 0) is 24.9 Å². The van der Waals surface area contributed by atoms with E-state index in [1.807, 2.05) is 0 Å². The number of aliphatic hydroxyl groups is 3. The fourth-order valence-corrected chi connectivity index (χ4v) is 6.45. The van der Waals surface area contributed by atoms with E-state index in [1.54, 1.807) is 20.8 Å². The predicted molar refractivity (Wildman–Crippen MR) is 151 cm³/mol. The number of hydrogen-bond acceptors (Lipinski definition) is 10. The number of nitrogens with zero attached hydrogens (tertiary/aromatic N) is 2. The first-order chi connectivity index (χ1) is 17.7. The van der Waals surface area contributed by atoms with Crippen molar-refractivity contribution in [3.05, 3.63) is 22.2 Å². The van der Waals surface area contributed by atoms with Gasteiger partial charge in [-0.05, 0) is 44.3 Å². The van der Waals surface area contributed by atoms with Gasteiger partial charge in [-0.25, -0.2) is 4.79 Å². The molecule has 1 saturated heterocycles. The molecule has 2 heterocycles. The van der Waals surface area contributed by atoms with E-state index in [9.17, 15) is 29.6 Å². The van der Waals surface area contributed by atoms with E-state index in [4.69, 9.17) is 19.4 Å². The maximum Gasteiger partial charge on any atom is 0.359 e. The quantitative estimate of drug-likeness (QED) is 0.177. The van der Waals surface area contributed by atoms with Crippen LogP contribution in [0.5, 0.6) is 0 Å². The van der Waals surface area contributed by atoms with E-state index in [-0.39, 0.29) is 43.1 Å². The average molecular weight is 594 g/mol. The molecule has 2 rings (SSSR count). The van der Waals surface area contributed by atoms with Crippen LogP contribution in [0.4, 0.5) is 5.82 Å². The molecule has 6 N–H and O–H groups in total. The first-order valence-corrected chi connectivity index (χ1v) is 17.9. The third kappa shape index (κ3) is 7.20. The number of aliphatic hydroxyl groups excluding tert-OH is 2. The largest absolute Gasteiger partial charge is 0.412 e. The molecule has 1 aromatic rings. The second kappa shape index (κ2) is 12.0. The van der Waals surface area contributed by atoms with Gasteiger partial charge in [0.05, 0.1) is 18.3 Å². The van der Waals surface area contributed by atoms with E-state index >= 15 is 0 Å². The predicted octanol–water partition coefficient (Wildman–Crippen LogP) is 3.24. The Labute approximate surface area is 232 Å². The molecule has 0 amide bonds. The molecular weight excluding hydrogens is 545 g/mol. The molecule has 1 aromatic heterocycles. The van der Waals surface area contributed by atoms with Crippen LogP contribution in [0.1, 0.15) is 85.9 Å². The summed E-state index contributed by atoms with van der Waals surface area (Å²) in [6.07, 6.45) is -3.41. The maximum atomic E-state index is 13.0. The van der Waals surface area contributed by atoms with Crippen molar-refractivity contribution in [2.24, 2.45) is 0 Å². The standard InChI is InChI=1S/C25H48N3O9PSi/c1-10-24(7,32)38(33,34)37-25(11-2,12-3)13-17-18(29)19(30)21(36-17)28-14-16(20(26)27-22(28)31)15-35-39(8,9)23(4,5)6/h14,17-19,21,29-30,32H,10-13,15H2,1-9H3,(H,33,34)(H2,26,27,31)/t17?,18-,19-,21-,24?/m1/s1. The van der Waals surface area contributed by atoms with Crippen molar-refractivity contribution in [1.29, 1.82) is 0 Å². The van der Waals surface area contributed by atoms with Crippen molar-refractivity contribution < 1.29 is 38.5 Å². The lowest BCUT2D eigenvalue weighted by Crippen LogP contribution is -2.41. The summed E-state index contributed by atoms with van der Waals surface area (Å²) in [6, 6.07) is 0. The highest BCUT2D eigenvalue weighted by atomic mass is 31.2. The van der Waals surface area contributed by atoms with Gasteiger partial charge >= 0.3 is 13.3 Å². The third-order valence-corrected chi connectivity index (χ3v) is 15.2. The monoisotopic (exact) mass is 593 g/mol. The lowest BCUT2D eigenvalue weighted by atomic mass is 9.88. The van der Waals surface area contributed by atoms with E-state index in [1.165, 1.54) is 13.1 Å². The van der Waals surface area contributed by atoms with Crippen LogP contribution in [0.15, 0.2) is 11.0 Å². The Bertz CT molecular complexity index is 1100. The zero-order valence-electron chi connectivity index (χ0n) is 24.7. The van der Waals surface area contributed by atoms with Gasteiger partial charge in [0.1, 0.15) is 18.0 Å². The fraction of sp³-hybridized carbons (Fsp3) is 0.840. The summed E-state index contributed by atoms with van der Waals surface area (Å²) < 4.78 is 31.9. The van der Waals surface area contributed by atoms with Crippen molar-refractivity contribution in [3.63, 3.8) is 0 Å². The maximum absolute atomic E-state index is 13.0. The minimum Gasteiger partial charge on any atom is -0.412 e. The summed E-state index contributed by atoms with van der Waals surface area (Å²) in [4.78, 5) is 27.2. The summed E-state index contributed by atoms with van der Waals surface area (Å²) >= 11 is 0. The number of ether oxygens (including phenoxy) is 1. The Hall–Kier alpha value is -1.15. The Morgan fingerprint density at radius 3 is 2.18 bits per heavy atom. The van der Waals surface area contributed by atoms with Crippen molar-refractivity contribution in [2.75, 3.05) is 5.73 Å². The highest BCUT2D eigenvalue weighted by molar-refractivity contribution is 7.54. The normalized spacial score (nSPS) is 25.9. The minimum atomic E-state index is -4.50. The molecule has 12 nitrogen and oxygen atoms in total. The Morgan fingerprint density at radius 1 is 1.13 bits per heavy atom. The zero-order chi connectivity index (χ0) is 30.2. The molecule has 1 aliphatic heterocycles. The van der Waals surface area contributed by atoms with Gasteiger partial charge in [-0.15, -0.1) is 0 Å². The summed E-state index contributed by atoms with van der Waals surface area (Å²) in [5, 5.41) is 30.2. The third-order valence-electron chi connectivity index (χ3n) is 8.52. The molecule has 3 unspecified atom stereocenters.